The lowest BCUT2D eigenvalue weighted by atomic mass is 9.81. The standard InChI is InChI=1S/C19H25NOS/c1-3-5-11-18(4-2)22(21)19(14-12-17(20)13-15-19)16-9-7-6-8-10-16/h3-11,17H,2,12-15,20H2,1H3/b5-3-,18-11+. The Kier molecular flexibility index (Phi) is 5.92. The lowest BCUT2D eigenvalue weighted by molar-refractivity contribution is 0.359. The average molecular weight is 315 g/mol. The van der Waals surface area contributed by atoms with E-state index < -0.39 is 10.8 Å². The van der Waals surface area contributed by atoms with Crippen molar-refractivity contribution in [2.24, 2.45) is 5.73 Å². The summed E-state index contributed by atoms with van der Waals surface area (Å²) in [4.78, 5) is 0.789. The summed E-state index contributed by atoms with van der Waals surface area (Å²) in [5.41, 5.74) is 7.22. The molecule has 1 aromatic rings. The van der Waals surface area contributed by atoms with Gasteiger partial charge in [0, 0.05) is 10.9 Å². The summed E-state index contributed by atoms with van der Waals surface area (Å²) in [5, 5.41) is 0. The molecule has 3 heteroatoms. The van der Waals surface area contributed by atoms with E-state index in [0.717, 1.165) is 36.2 Å². The second-order valence-electron chi connectivity index (χ2n) is 5.77. The van der Waals surface area contributed by atoms with Crippen LogP contribution in [0.2, 0.25) is 0 Å². The van der Waals surface area contributed by atoms with Crippen molar-refractivity contribution in [3.05, 3.63) is 71.7 Å². The van der Waals surface area contributed by atoms with Gasteiger partial charge in [0.15, 0.2) is 0 Å². The molecule has 0 aliphatic heterocycles. The van der Waals surface area contributed by atoms with Crippen molar-refractivity contribution in [1.82, 2.24) is 0 Å². The van der Waals surface area contributed by atoms with Crippen LogP contribution in [0.5, 0.6) is 0 Å². The number of nitrogens with two attached hydrogens (primary N) is 1. The number of allylic oxidation sites excluding steroid dienone is 4. The first kappa shape index (κ1) is 16.9. The van der Waals surface area contributed by atoms with Crippen LogP contribution in [0.4, 0.5) is 0 Å². The van der Waals surface area contributed by atoms with E-state index in [2.05, 4.69) is 18.7 Å². The highest BCUT2D eigenvalue weighted by atomic mass is 32.2. The third kappa shape index (κ3) is 3.47. The van der Waals surface area contributed by atoms with Crippen molar-refractivity contribution in [1.29, 1.82) is 0 Å². The van der Waals surface area contributed by atoms with E-state index in [9.17, 15) is 4.21 Å². The first-order chi connectivity index (χ1) is 10.6. The average Bonchev–Trinajstić information content (AvgIpc) is 2.57. The summed E-state index contributed by atoms with van der Waals surface area (Å²) < 4.78 is 13.0. The summed E-state index contributed by atoms with van der Waals surface area (Å²) >= 11 is 0. The molecule has 1 saturated carbocycles. The molecule has 0 heterocycles. The van der Waals surface area contributed by atoms with Crippen LogP contribution in [0.1, 0.15) is 38.2 Å². The summed E-state index contributed by atoms with van der Waals surface area (Å²) in [6.07, 6.45) is 11.0. The predicted octanol–water partition coefficient (Wildman–Crippen LogP) is 4.18. The normalized spacial score (nSPS) is 27.7. The molecule has 118 valence electrons. The van der Waals surface area contributed by atoms with Gasteiger partial charge in [0.2, 0.25) is 0 Å². The van der Waals surface area contributed by atoms with E-state index in [0.29, 0.717) is 0 Å². The topological polar surface area (TPSA) is 43.1 Å². The van der Waals surface area contributed by atoms with Gasteiger partial charge in [0.25, 0.3) is 0 Å². The number of hydrogen-bond donors (Lipinski definition) is 1. The number of rotatable bonds is 5. The fraction of sp³-hybridized carbons (Fsp3) is 0.368. The van der Waals surface area contributed by atoms with Crippen LogP contribution in [0.25, 0.3) is 0 Å². The Morgan fingerprint density at radius 2 is 1.95 bits per heavy atom. The highest BCUT2D eigenvalue weighted by Crippen LogP contribution is 2.44. The van der Waals surface area contributed by atoms with Gasteiger partial charge < -0.3 is 5.73 Å². The molecule has 1 aliphatic carbocycles. The second-order valence-corrected chi connectivity index (χ2v) is 7.56. The van der Waals surface area contributed by atoms with Gasteiger partial charge in [-0.3, -0.25) is 4.21 Å². The minimum atomic E-state index is -1.13. The van der Waals surface area contributed by atoms with Gasteiger partial charge in [-0.05, 0) is 44.2 Å². The third-order valence-corrected chi connectivity index (χ3v) is 6.45. The monoisotopic (exact) mass is 315 g/mol. The first-order valence-corrected chi connectivity index (χ1v) is 8.97. The zero-order valence-corrected chi connectivity index (χ0v) is 14.0. The summed E-state index contributed by atoms with van der Waals surface area (Å²) in [6, 6.07) is 10.4. The van der Waals surface area contributed by atoms with Gasteiger partial charge in [-0.15, -0.1) is 0 Å². The van der Waals surface area contributed by atoms with E-state index in [4.69, 9.17) is 5.73 Å². The van der Waals surface area contributed by atoms with Crippen LogP contribution in [-0.2, 0) is 15.5 Å². The predicted molar refractivity (Wildman–Crippen MR) is 95.8 cm³/mol. The van der Waals surface area contributed by atoms with Crippen LogP contribution in [0, 0.1) is 0 Å². The van der Waals surface area contributed by atoms with Gasteiger partial charge in [-0.1, -0.05) is 55.1 Å². The van der Waals surface area contributed by atoms with Gasteiger partial charge in [-0.2, -0.15) is 0 Å². The third-order valence-electron chi connectivity index (χ3n) is 4.36. The SMILES string of the molecule is C=C/C(=C\C=C/C)S(=O)C1(c2ccccc2)CCC(N)CC1. The van der Waals surface area contributed by atoms with E-state index in [1.54, 1.807) is 6.08 Å². The minimum Gasteiger partial charge on any atom is -0.328 e. The van der Waals surface area contributed by atoms with Gasteiger partial charge in [0.1, 0.15) is 0 Å². The molecule has 1 aromatic carbocycles. The zero-order chi connectivity index (χ0) is 16.0. The molecule has 0 spiro atoms. The molecule has 1 fully saturated rings. The minimum absolute atomic E-state index is 0.223. The molecule has 2 nitrogen and oxygen atoms in total. The quantitative estimate of drug-likeness (QED) is 0.828. The first-order valence-electron chi connectivity index (χ1n) is 7.82. The Balaban J connectivity index is 2.45. The van der Waals surface area contributed by atoms with Crippen LogP contribution < -0.4 is 5.73 Å². The Morgan fingerprint density at radius 3 is 2.50 bits per heavy atom. The Morgan fingerprint density at radius 1 is 1.32 bits per heavy atom. The molecule has 0 aromatic heterocycles. The highest BCUT2D eigenvalue weighted by Gasteiger charge is 2.42. The van der Waals surface area contributed by atoms with Crippen molar-refractivity contribution in [3.63, 3.8) is 0 Å². The van der Waals surface area contributed by atoms with E-state index in [1.165, 1.54) is 0 Å². The molecule has 0 amide bonds. The Bertz CT molecular complexity index is 581. The molecular formula is C19H25NOS. The Hall–Kier alpha value is -1.45. The molecule has 0 saturated heterocycles. The number of hydrogen-bond acceptors (Lipinski definition) is 2. The molecule has 0 radical (unpaired) electrons. The molecule has 1 atom stereocenters. The molecule has 22 heavy (non-hydrogen) atoms. The fourth-order valence-corrected chi connectivity index (χ4v) is 4.81. The zero-order valence-electron chi connectivity index (χ0n) is 13.2. The summed E-state index contributed by atoms with van der Waals surface area (Å²) in [6.45, 7) is 5.80. The highest BCUT2D eigenvalue weighted by molar-refractivity contribution is 7.90. The Labute approximate surface area is 136 Å². The molecule has 1 aliphatic rings. The molecular weight excluding hydrogens is 290 g/mol. The van der Waals surface area contributed by atoms with Crippen LogP contribution in [-0.4, -0.2) is 10.3 Å². The summed E-state index contributed by atoms with van der Waals surface area (Å²) in [7, 11) is -1.13. The summed E-state index contributed by atoms with van der Waals surface area (Å²) in [5.74, 6) is 0. The van der Waals surface area contributed by atoms with Crippen LogP contribution in [0.3, 0.4) is 0 Å². The van der Waals surface area contributed by atoms with Crippen molar-refractivity contribution in [2.45, 2.75) is 43.4 Å². The van der Waals surface area contributed by atoms with Crippen molar-refractivity contribution < 1.29 is 4.21 Å². The second kappa shape index (κ2) is 7.70. The van der Waals surface area contributed by atoms with Gasteiger partial charge in [0.05, 0.1) is 15.5 Å². The lowest BCUT2D eigenvalue weighted by Gasteiger charge is -2.39. The maximum absolute atomic E-state index is 13.4. The van der Waals surface area contributed by atoms with Crippen molar-refractivity contribution in [2.75, 3.05) is 0 Å². The van der Waals surface area contributed by atoms with E-state index in [-0.39, 0.29) is 10.8 Å². The van der Waals surface area contributed by atoms with Crippen molar-refractivity contribution >= 4 is 10.8 Å². The van der Waals surface area contributed by atoms with Crippen LogP contribution in [0.15, 0.2) is 66.1 Å². The molecule has 2 rings (SSSR count). The smallest absolute Gasteiger partial charge is 0.0754 e. The van der Waals surface area contributed by atoms with Gasteiger partial charge >= 0.3 is 0 Å². The molecule has 0 bridgehead atoms. The van der Waals surface area contributed by atoms with E-state index >= 15 is 0 Å². The largest absolute Gasteiger partial charge is 0.328 e. The van der Waals surface area contributed by atoms with Crippen LogP contribution >= 0.6 is 0 Å². The van der Waals surface area contributed by atoms with Gasteiger partial charge in [-0.25, -0.2) is 0 Å². The lowest BCUT2D eigenvalue weighted by Crippen LogP contribution is -2.40. The fourth-order valence-electron chi connectivity index (χ4n) is 3.05. The molecule has 2 N–H and O–H groups in total. The van der Waals surface area contributed by atoms with E-state index in [1.807, 2.05) is 43.4 Å². The van der Waals surface area contributed by atoms with Crippen molar-refractivity contribution in [3.8, 4) is 0 Å². The number of benzene rings is 1. The maximum Gasteiger partial charge on any atom is 0.0754 e. The maximum atomic E-state index is 13.4. The molecule has 1 unspecified atom stereocenters.